The molecule has 0 aliphatic rings. The summed E-state index contributed by atoms with van der Waals surface area (Å²) in [5.74, 6) is -1.05. The van der Waals surface area contributed by atoms with E-state index in [1.165, 1.54) is 31.8 Å². The molecule has 0 aliphatic carbocycles. The molecule has 0 aromatic heterocycles. The number of isocyanates is 2. The van der Waals surface area contributed by atoms with Gasteiger partial charge in [-0.2, -0.15) is 4.99 Å². The first kappa shape index (κ1) is 20.2. The molecule has 0 saturated carbocycles. The number of aliphatic carboxylic acids is 1. The second-order valence-electron chi connectivity index (χ2n) is 5.37. The van der Waals surface area contributed by atoms with Crippen LogP contribution in [0.15, 0.2) is 9.98 Å². The predicted octanol–water partition coefficient (Wildman–Crippen LogP) is 3.40. The van der Waals surface area contributed by atoms with E-state index in [0.29, 0.717) is 13.0 Å². The summed E-state index contributed by atoms with van der Waals surface area (Å²) in [5.41, 5.74) is 0. The first-order chi connectivity index (χ1) is 10.7. The smallest absolute Gasteiger partial charge is 0.329 e. The molecule has 22 heavy (non-hydrogen) atoms. The summed E-state index contributed by atoms with van der Waals surface area (Å²) in [4.78, 5) is 37.5. The topological polar surface area (TPSA) is 96.2 Å². The molecule has 0 saturated heterocycles. The van der Waals surface area contributed by atoms with Crippen molar-refractivity contribution in [2.45, 2.75) is 76.7 Å². The lowest BCUT2D eigenvalue weighted by molar-refractivity contribution is -0.138. The van der Waals surface area contributed by atoms with Gasteiger partial charge in [-0.05, 0) is 12.8 Å². The van der Waals surface area contributed by atoms with Crippen molar-refractivity contribution >= 4 is 18.1 Å². The second kappa shape index (κ2) is 15.6. The van der Waals surface area contributed by atoms with E-state index in [4.69, 9.17) is 5.11 Å². The number of rotatable bonds is 15. The predicted molar refractivity (Wildman–Crippen MR) is 83.3 cm³/mol. The summed E-state index contributed by atoms with van der Waals surface area (Å²) in [7, 11) is 0. The summed E-state index contributed by atoms with van der Waals surface area (Å²) >= 11 is 0. The number of carboxylic acids is 1. The van der Waals surface area contributed by atoms with E-state index in [-0.39, 0.29) is 0 Å². The molecule has 0 aromatic carbocycles. The molecule has 1 atom stereocenters. The molecule has 0 aliphatic heterocycles. The monoisotopic (exact) mass is 310 g/mol. The maximum Gasteiger partial charge on any atom is 0.329 e. The Balaban J connectivity index is 3.31. The van der Waals surface area contributed by atoms with Crippen LogP contribution in [0.2, 0.25) is 0 Å². The van der Waals surface area contributed by atoms with E-state index < -0.39 is 12.0 Å². The number of carboxylic acid groups (broad SMARTS) is 1. The lowest BCUT2D eigenvalue weighted by atomic mass is 10.0. The van der Waals surface area contributed by atoms with Crippen LogP contribution in [-0.2, 0) is 14.4 Å². The molecule has 124 valence electrons. The fourth-order valence-corrected chi connectivity index (χ4v) is 2.30. The molecule has 0 bridgehead atoms. The molecule has 0 radical (unpaired) electrons. The van der Waals surface area contributed by atoms with Crippen LogP contribution in [0.25, 0.3) is 0 Å². The van der Waals surface area contributed by atoms with E-state index in [9.17, 15) is 14.4 Å². The van der Waals surface area contributed by atoms with Crippen molar-refractivity contribution in [2.24, 2.45) is 9.98 Å². The third-order valence-corrected chi connectivity index (χ3v) is 3.56. The molecule has 0 spiro atoms. The Labute approximate surface area is 131 Å². The van der Waals surface area contributed by atoms with Gasteiger partial charge in [0.2, 0.25) is 12.2 Å². The Hall–Kier alpha value is -1.77. The zero-order valence-electron chi connectivity index (χ0n) is 13.1. The van der Waals surface area contributed by atoms with E-state index >= 15 is 0 Å². The van der Waals surface area contributed by atoms with Crippen LogP contribution in [-0.4, -0.2) is 35.8 Å². The first-order valence-corrected chi connectivity index (χ1v) is 8.05. The maximum atomic E-state index is 10.7. The Morgan fingerprint density at radius 3 is 1.77 bits per heavy atom. The average molecular weight is 310 g/mol. The van der Waals surface area contributed by atoms with E-state index in [1.54, 1.807) is 6.08 Å². The van der Waals surface area contributed by atoms with E-state index in [1.807, 2.05) is 0 Å². The van der Waals surface area contributed by atoms with Crippen molar-refractivity contribution in [3.8, 4) is 0 Å². The summed E-state index contributed by atoms with van der Waals surface area (Å²) in [5, 5.41) is 8.80. The molecule has 0 rings (SSSR count). The van der Waals surface area contributed by atoms with Crippen molar-refractivity contribution in [3.05, 3.63) is 0 Å². The number of unbranched alkanes of at least 4 members (excludes halogenated alkanes) is 9. The molecule has 6 heteroatoms. The zero-order chi connectivity index (χ0) is 16.5. The van der Waals surface area contributed by atoms with E-state index in [2.05, 4.69) is 9.98 Å². The van der Waals surface area contributed by atoms with Crippen molar-refractivity contribution < 1.29 is 19.5 Å². The van der Waals surface area contributed by atoms with Crippen molar-refractivity contribution in [1.29, 1.82) is 0 Å². The van der Waals surface area contributed by atoms with Gasteiger partial charge in [0.1, 0.15) is 0 Å². The van der Waals surface area contributed by atoms with Crippen LogP contribution >= 0.6 is 0 Å². The van der Waals surface area contributed by atoms with Gasteiger partial charge in [0, 0.05) is 0 Å². The van der Waals surface area contributed by atoms with Crippen LogP contribution in [0.5, 0.6) is 0 Å². The van der Waals surface area contributed by atoms with Gasteiger partial charge in [-0.1, -0.05) is 57.8 Å². The van der Waals surface area contributed by atoms with Gasteiger partial charge in [-0.15, -0.1) is 0 Å². The highest BCUT2D eigenvalue weighted by molar-refractivity contribution is 5.74. The molecular formula is C16H26N2O4. The first-order valence-electron chi connectivity index (χ1n) is 8.05. The normalized spacial score (nSPS) is 11.3. The number of nitrogens with zero attached hydrogens (tertiary/aromatic N) is 2. The van der Waals surface area contributed by atoms with Crippen LogP contribution in [0.3, 0.4) is 0 Å². The lowest BCUT2D eigenvalue weighted by Gasteiger charge is -2.05. The molecule has 0 fully saturated rings. The number of hydrogen-bond donors (Lipinski definition) is 1. The number of carbonyl (C=O) groups excluding carboxylic acids is 2. The highest BCUT2D eigenvalue weighted by Crippen LogP contribution is 2.13. The Bertz CT molecular complexity index is 384. The minimum Gasteiger partial charge on any atom is -0.480 e. The molecule has 0 amide bonds. The van der Waals surface area contributed by atoms with Gasteiger partial charge >= 0.3 is 5.97 Å². The van der Waals surface area contributed by atoms with Gasteiger partial charge in [0.15, 0.2) is 6.04 Å². The molecule has 0 aromatic rings. The SMILES string of the molecule is O=C=NCCCCCCCCCCCCC(N=C=O)C(=O)O. The van der Waals surface area contributed by atoms with Crippen LogP contribution in [0, 0.1) is 0 Å². The van der Waals surface area contributed by atoms with Crippen molar-refractivity contribution in [2.75, 3.05) is 6.54 Å². The van der Waals surface area contributed by atoms with Gasteiger partial charge < -0.3 is 5.11 Å². The fraction of sp³-hybridized carbons (Fsp3) is 0.812. The summed E-state index contributed by atoms with van der Waals surface area (Å²) in [6, 6.07) is -0.930. The Kier molecular flexibility index (Phi) is 14.4. The van der Waals surface area contributed by atoms with Gasteiger partial charge in [0.25, 0.3) is 0 Å². The van der Waals surface area contributed by atoms with Crippen molar-refractivity contribution in [1.82, 2.24) is 0 Å². The quantitative estimate of drug-likeness (QED) is 0.285. The van der Waals surface area contributed by atoms with Crippen LogP contribution in [0.4, 0.5) is 0 Å². The molecule has 1 N–H and O–H groups in total. The highest BCUT2D eigenvalue weighted by atomic mass is 16.4. The molecule has 0 heterocycles. The molecule has 1 unspecified atom stereocenters. The van der Waals surface area contributed by atoms with E-state index in [0.717, 1.165) is 38.5 Å². The Morgan fingerprint density at radius 2 is 1.32 bits per heavy atom. The van der Waals surface area contributed by atoms with Gasteiger partial charge in [-0.3, -0.25) is 0 Å². The third-order valence-electron chi connectivity index (χ3n) is 3.56. The summed E-state index contributed by atoms with van der Waals surface area (Å²) < 4.78 is 0. The lowest BCUT2D eigenvalue weighted by Crippen LogP contribution is -2.17. The minimum absolute atomic E-state index is 0.411. The zero-order valence-corrected chi connectivity index (χ0v) is 13.1. The Morgan fingerprint density at radius 1 is 0.818 bits per heavy atom. The number of carbonyl (C=O) groups is 1. The molecule has 6 nitrogen and oxygen atoms in total. The fourth-order valence-electron chi connectivity index (χ4n) is 2.30. The van der Waals surface area contributed by atoms with Gasteiger partial charge in [0.05, 0.1) is 6.54 Å². The summed E-state index contributed by atoms with van der Waals surface area (Å²) in [6.07, 6.45) is 14.1. The standard InChI is InChI=1S/C16H26N2O4/c19-13-17-12-10-8-6-4-2-1-3-5-7-9-11-15(16(21)22)18-14-20/h15H,1-12H2,(H,21,22). The second-order valence-corrected chi connectivity index (χ2v) is 5.37. The third kappa shape index (κ3) is 13.2. The summed E-state index contributed by atoms with van der Waals surface area (Å²) in [6.45, 7) is 0.592. The highest BCUT2D eigenvalue weighted by Gasteiger charge is 2.14. The number of hydrogen-bond acceptors (Lipinski definition) is 5. The van der Waals surface area contributed by atoms with Crippen LogP contribution in [0.1, 0.15) is 70.6 Å². The number of aliphatic imine (C=N–C) groups is 2. The maximum absolute atomic E-state index is 10.7. The minimum atomic E-state index is -1.05. The largest absolute Gasteiger partial charge is 0.480 e. The van der Waals surface area contributed by atoms with Crippen LogP contribution < -0.4 is 0 Å². The van der Waals surface area contributed by atoms with Gasteiger partial charge in [-0.25, -0.2) is 19.4 Å². The average Bonchev–Trinajstić information content (AvgIpc) is 2.50. The molecular weight excluding hydrogens is 284 g/mol. The van der Waals surface area contributed by atoms with Crippen molar-refractivity contribution in [3.63, 3.8) is 0 Å².